The number of rotatable bonds is 2. The molecule has 0 saturated carbocycles. The molecule has 0 radical (unpaired) electrons. The van der Waals surface area contributed by atoms with Crippen LogP contribution < -0.4 is 4.74 Å². The van der Waals surface area contributed by atoms with Crippen LogP contribution in [0.25, 0.3) is 0 Å². The van der Waals surface area contributed by atoms with Gasteiger partial charge in [-0.25, -0.2) is 0 Å². The fourth-order valence-electron chi connectivity index (χ4n) is 1.19. The third-order valence-electron chi connectivity index (χ3n) is 1.76. The molecule has 1 aromatic rings. The topological polar surface area (TPSA) is 52.4 Å². The van der Waals surface area contributed by atoms with Crippen LogP contribution in [0.1, 0.15) is 5.56 Å². The Bertz CT molecular complexity index is 512. The molecule has 19 heavy (non-hydrogen) atoms. The first-order chi connectivity index (χ1) is 8.42. The van der Waals surface area contributed by atoms with Crippen molar-refractivity contribution in [2.24, 2.45) is 0 Å². The van der Waals surface area contributed by atoms with E-state index < -0.39 is 38.9 Å². The van der Waals surface area contributed by atoms with Gasteiger partial charge in [0.25, 0.3) is 5.69 Å². The first-order valence-corrected chi connectivity index (χ1v) is 5.02. The summed E-state index contributed by atoms with van der Waals surface area (Å²) in [5.41, 5.74) is -3.23. The molecule has 4 nitrogen and oxygen atoms in total. The first kappa shape index (κ1) is 15.5. The van der Waals surface area contributed by atoms with Gasteiger partial charge < -0.3 is 4.74 Å². The second kappa shape index (κ2) is 4.87. The predicted molar refractivity (Wildman–Crippen MR) is 52.5 cm³/mol. The molecule has 0 aliphatic carbocycles. The molecule has 1 aromatic carbocycles. The maximum atomic E-state index is 12.5. The summed E-state index contributed by atoms with van der Waals surface area (Å²) in [5.74, 6) is -1.13. The number of benzene rings is 1. The van der Waals surface area contributed by atoms with Crippen LogP contribution >= 0.6 is 15.9 Å². The SMILES string of the molecule is O=[N+]([O-])c1cc(OC(F)(F)F)cc(Br)c1C(F)(F)F. The summed E-state index contributed by atoms with van der Waals surface area (Å²) < 4.78 is 75.8. The number of halogens is 7. The van der Waals surface area contributed by atoms with E-state index in [9.17, 15) is 36.5 Å². The van der Waals surface area contributed by atoms with Crippen molar-refractivity contribution in [2.45, 2.75) is 12.5 Å². The van der Waals surface area contributed by atoms with Crippen molar-refractivity contribution >= 4 is 21.6 Å². The van der Waals surface area contributed by atoms with E-state index in [2.05, 4.69) is 20.7 Å². The number of nitrogens with zero attached hydrogens (tertiary/aromatic N) is 1. The van der Waals surface area contributed by atoms with Crippen LogP contribution in [0.4, 0.5) is 32.0 Å². The van der Waals surface area contributed by atoms with Crippen LogP contribution in [0.3, 0.4) is 0 Å². The molecule has 106 valence electrons. The van der Waals surface area contributed by atoms with Crippen LogP contribution in [0.15, 0.2) is 16.6 Å². The molecule has 0 aliphatic heterocycles. The van der Waals surface area contributed by atoms with Crippen LogP contribution in [-0.2, 0) is 6.18 Å². The van der Waals surface area contributed by atoms with Gasteiger partial charge in [0.05, 0.1) is 11.0 Å². The molecule has 0 N–H and O–H groups in total. The number of nitro groups is 1. The average molecular weight is 354 g/mol. The molecule has 0 atom stereocenters. The minimum Gasteiger partial charge on any atom is -0.405 e. The van der Waals surface area contributed by atoms with Crippen molar-refractivity contribution < 1.29 is 36.0 Å². The smallest absolute Gasteiger partial charge is 0.405 e. The van der Waals surface area contributed by atoms with E-state index in [-0.39, 0.29) is 6.07 Å². The summed E-state index contributed by atoms with van der Waals surface area (Å²) in [6.45, 7) is 0. The van der Waals surface area contributed by atoms with Crippen molar-refractivity contribution in [2.75, 3.05) is 0 Å². The van der Waals surface area contributed by atoms with Gasteiger partial charge in [-0.3, -0.25) is 10.1 Å². The zero-order valence-electron chi connectivity index (χ0n) is 8.47. The van der Waals surface area contributed by atoms with Gasteiger partial charge in [-0.2, -0.15) is 13.2 Å². The van der Waals surface area contributed by atoms with Crippen molar-refractivity contribution in [3.8, 4) is 5.75 Å². The Morgan fingerprint density at radius 1 is 1.16 bits per heavy atom. The van der Waals surface area contributed by atoms with E-state index in [4.69, 9.17) is 0 Å². The Hall–Kier alpha value is -1.52. The number of alkyl halides is 6. The molecule has 0 aromatic heterocycles. The normalized spacial score (nSPS) is 12.4. The second-order valence-corrected chi connectivity index (χ2v) is 3.96. The molecule has 0 bridgehead atoms. The summed E-state index contributed by atoms with van der Waals surface area (Å²) in [4.78, 5) is 9.04. The van der Waals surface area contributed by atoms with Gasteiger partial charge in [0, 0.05) is 4.47 Å². The van der Waals surface area contributed by atoms with Gasteiger partial charge in [-0.1, -0.05) is 0 Å². The molecule has 0 heterocycles. The lowest BCUT2D eigenvalue weighted by molar-refractivity contribution is -0.388. The Labute approximate surface area is 109 Å². The number of ether oxygens (including phenoxy) is 1. The number of hydrogen-bond acceptors (Lipinski definition) is 3. The fraction of sp³-hybridized carbons (Fsp3) is 0.250. The fourth-order valence-corrected chi connectivity index (χ4v) is 1.84. The van der Waals surface area contributed by atoms with Crippen molar-refractivity contribution in [1.29, 1.82) is 0 Å². The summed E-state index contributed by atoms with van der Waals surface area (Å²) in [5, 5.41) is 10.5. The summed E-state index contributed by atoms with van der Waals surface area (Å²) in [7, 11) is 0. The molecular formula is C8H2BrF6NO3. The highest BCUT2D eigenvalue weighted by atomic mass is 79.9. The second-order valence-electron chi connectivity index (χ2n) is 3.10. The Morgan fingerprint density at radius 3 is 2.05 bits per heavy atom. The lowest BCUT2D eigenvalue weighted by Gasteiger charge is -2.13. The quantitative estimate of drug-likeness (QED) is 0.453. The van der Waals surface area contributed by atoms with E-state index in [1.807, 2.05) is 0 Å². The van der Waals surface area contributed by atoms with Crippen molar-refractivity contribution in [3.05, 3.63) is 32.3 Å². The number of hydrogen-bond donors (Lipinski definition) is 0. The standard InChI is InChI=1S/C8H2BrF6NO3/c9-4-1-3(19-8(13,14)15)2-5(16(17)18)6(4)7(10,11)12/h1-2H. The molecule has 11 heteroatoms. The third kappa shape index (κ3) is 3.98. The zero-order chi connectivity index (χ0) is 15.0. The van der Waals surface area contributed by atoms with E-state index in [0.717, 1.165) is 0 Å². The molecule has 0 saturated heterocycles. The molecule has 0 fully saturated rings. The minimum absolute atomic E-state index is 0.0566. The molecular weight excluding hydrogens is 352 g/mol. The predicted octanol–water partition coefficient (Wildman–Crippen LogP) is 4.27. The summed E-state index contributed by atoms with van der Waals surface area (Å²) in [6.07, 6.45) is -10.3. The molecule has 0 amide bonds. The summed E-state index contributed by atoms with van der Waals surface area (Å²) >= 11 is 2.34. The largest absolute Gasteiger partial charge is 0.573 e. The first-order valence-electron chi connectivity index (χ1n) is 4.22. The molecule has 1 rings (SSSR count). The van der Waals surface area contributed by atoms with Gasteiger partial charge >= 0.3 is 12.5 Å². The molecule has 0 spiro atoms. The lowest BCUT2D eigenvalue weighted by atomic mass is 10.1. The maximum Gasteiger partial charge on any atom is 0.573 e. The van der Waals surface area contributed by atoms with E-state index in [1.165, 1.54) is 0 Å². The van der Waals surface area contributed by atoms with Gasteiger partial charge in [0.2, 0.25) is 0 Å². The van der Waals surface area contributed by atoms with E-state index in [1.54, 1.807) is 0 Å². The number of nitro benzene ring substituents is 1. The molecule has 0 aliphatic rings. The van der Waals surface area contributed by atoms with Gasteiger partial charge in [0.15, 0.2) is 0 Å². The Kier molecular flexibility index (Phi) is 3.98. The van der Waals surface area contributed by atoms with Crippen molar-refractivity contribution in [1.82, 2.24) is 0 Å². The highest BCUT2D eigenvalue weighted by molar-refractivity contribution is 9.10. The maximum absolute atomic E-state index is 12.5. The highest BCUT2D eigenvalue weighted by Gasteiger charge is 2.42. The Morgan fingerprint density at radius 2 is 1.68 bits per heavy atom. The van der Waals surface area contributed by atoms with E-state index >= 15 is 0 Å². The van der Waals surface area contributed by atoms with Crippen LogP contribution in [-0.4, -0.2) is 11.3 Å². The monoisotopic (exact) mass is 353 g/mol. The van der Waals surface area contributed by atoms with E-state index in [0.29, 0.717) is 6.07 Å². The van der Waals surface area contributed by atoms with Gasteiger partial charge in [-0.05, 0) is 22.0 Å². The minimum atomic E-state index is -5.17. The molecule has 0 unspecified atom stereocenters. The van der Waals surface area contributed by atoms with Crippen LogP contribution in [0, 0.1) is 10.1 Å². The van der Waals surface area contributed by atoms with Gasteiger partial charge in [-0.15, -0.1) is 13.2 Å². The summed E-state index contributed by atoms with van der Waals surface area (Å²) in [6, 6.07) is 0.407. The van der Waals surface area contributed by atoms with Crippen molar-refractivity contribution in [3.63, 3.8) is 0 Å². The third-order valence-corrected chi connectivity index (χ3v) is 2.38. The lowest BCUT2D eigenvalue weighted by Crippen LogP contribution is -2.18. The average Bonchev–Trinajstić information content (AvgIpc) is 2.10. The van der Waals surface area contributed by atoms with Crippen LogP contribution in [0.5, 0.6) is 5.75 Å². The zero-order valence-corrected chi connectivity index (χ0v) is 10.1. The van der Waals surface area contributed by atoms with Gasteiger partial charge in [0.1, 0.15) is 11.3 Å². The highest BCUT2D eigenvalue weighted by Crippen LogP contribution is 2.43. The Balaban J connectivity index is 3.43. The van der Waals surface area contributed by atoms with Crippen LogP contribution in [0.2, 0.25) is 0 Å².